The number of anilines is 1. The second-order valence-corrected chi connectivity index (χ2v) is 15.4. The number of rotatable bonds is 11. The van der Waals surface area contributed by atoms with Crippen LogP contribution in [0.25, 0.3) is 0 Å². The first-order valence-corrected chi connectivity index (χ1v) is 17.4. The summed E-state index contributed by atoms with van der Waals surface area (Å²) in [5, 5.41) is 3.06. The average Bonchev–Trinajstić information content (AvgIpc) is 2.99. The van der Waals surface area contributed by atoms with Gasteiger partial charge in [0.15, 0.2) is 0 Å². The molecule has 0 radical (unpaired) electrons. The highest BCUT2D eigenvalue weighted by Gasteiger charge is 2.36. The molecule has 1 atom stereocenters. The lowest BCUT2D eigenvalue weighted by molar-refractivity contribution is -0.140. The second kappa shape index (κ2) is 14.6. The van der Waals surface area contributed by atoms with Crippen molar-refractivity contribution >= 4 is 43.5 Å². The first-order chi connectivity index (χ1) is 21.7. The normalized spacial score (nSPS) is 12.3. The first-order valence-electron chi connectivity index (χ1n) is 15.2. The summed E-state index contributed by atoms with van der Waals surface area (Å²) in [6, 6.07) is 28.1. The van der Waals surface area contributed by atoms with Crippen molar-refractivity contribution < 1.29 is 18.0 Å². The number of nitrogens with one attached hydrogen (secondary N) is 1. The molecule has 2 amide bonds. The monoisotopic (exact) mass is 703 g/mol. The third-order valence-corrected chi connectivity index (χ3v) is 10.0. The molecule has 0 bridgehead atoms. The fraction of sp³-hybridized carbons (Fsp3) is 0.297. The van der Waals surface area contributed by atoms with Gasteiger partial charge in [-0.25, -0.2) is 8.42 Å². The number of nitrogens with zero attached hydrogens (tertiary/aromatic N) is 2. The number of aryl methyl sites for hydroxylation is 2. The molecule has 0 fully saturated rings. The zero-order valence-electron chi connectivity index (χ0n) is 27.2. The molecule has 0 aromatic heterocycles. The van der Waals surface area contributed by atoms with Crippen LogP contribution in [0.15, 0.2) is 106 Å². The molecule has 0 heterocycles. The molecule has 0 aliphatic heterocycles. The van der Waals surface area contributed by atoms with Crippen LogP contribution in [-0.2, 0) is 32.6 Å². The zero-order chi connectivity index (χ0) is 33.6. The topological polar surface area (TPSA) is 86.8 Å². The molecule has 0 unspecified atom stereocenters. The molecule has 0 aliphatic rings. The molecule has 0 aliphatic carbocycles. The SMILES string of the molecule is Cc1ccc(S(=O)(=O)N(CC(=O)N(Cc2cccc(Br)c2)[C@H](Cc2ccccc2)C(=O)NC(C)(C)C)c2cccc(C)c2C)cc1. The Morgan fingerprint density at radius 1 is 0.826 bits per heavy atom. The van der Waals surface area contributed by atoms with Crippen LogP contribution in [0.1, 0.15) is 48.6 Å². The first kappa shape index (κ1) is 34.9. The molecule has 9 heteroatoms. The fourth-order valence-corrected chi connectivity index (χ4v) is 7.11. The van der Waals surface area contributed by atoms with Gasteiger partial charge in [-0.1, -0.05) is 88.2 Å². The van der Waals surface area contributed by atoms with Crippen molar-refractivity contribution in [1.82, 2.24) is 10.2 Å². The number of carbonyl (C=O) groups is 2. The van der Waals surface area contributed by atoms with E-state index < -0.39 is 34.1 Å². The van der Waals surface area contributed by atoms with Gasteiger partial charge in [-0.05, 0) is 94.1 Å². The Balaban J connectivity index is 1.85. The molecule has 7 nitrogen and oxygen atoms in total. The minimum absolute atomic E-state index is 0.0802. The van der Waals surface area contributed by atoms with Gasteiger partial charge in [-0.3, -0.25) is 13.9 Å². The molecule has 4 aromatic rings. The van der Waals surface area contributed by atoms with Crippen molar-refractivity contribution in [3.63, 3.8) is 0 Å². The number of hydrogen-bond donors (Lipinski definition) is 1. The predicted octanol–water partition coefficient (Wildman–Crippen LogP) is 7.12. The van der Waals surface area contributed by atoms with Crippen LogP contribution in [0.2, 0.25) is 0 Å². The summed E-state index contributed by atoms with van der Waals surface area (Å²) >= 11 is 3.52. The molecular formula is C37H42BrN3O4S. The second-order valence-electron chi connectivity index (χ2n) is 12.6. The Morgan fingerprint density at radius 2 is 1.46 bits per heavy atom. The summed E-state index contributed by atoms with van der Waals surface area (Å²) in [6.07, 6.45) is 0.247. The Kier molecular flexibility index (Phi) is 11.1. The van der Waals surface area contributed by atoms with Crippen LogP contribution in [0.4, 0.5) is 5.69 Å². The summed E-state index contributed by atoms with van der Waals surface area (Å²) in [7, 11) is -4.17. The Morgan fingerprint density at radius 3 is 2.09 bits per heavy atom. The molecule has 1 N–H and O–H groups in total. The lowest BCUT2D eigenvalue weighted by Gasteiger charge is -2.35. The summed E-state index contributed by atoms with van der Waals surface area (Å²) in [6.45, 7) is 10.9. The van der Waals surface area contributed by atoms with Crippen molar-refractivity contribution in [2.75, 3.05) is 10.8 Å². The van der Waals surface area contributed by atoms with Gasteiger partial charge in [0.1, 0.15) is 12.6 Å². The Labute approximate surface area is 281 Å². The van der Waals surface area contributed by atoms with Gasteiger partial charge in [0.25, 0.3) is 10.0 Å². The van der Waals surface area contributed by atoms with E-state index in [1.165, 1.54) is 9.21 Å². The van der Waals surface area contributed by atoms with Crippen molar-refractivity contribution in [1.29, 1.82) is 0 Å². The number of halogens is 1. The van der Waals surface area contributed by atoms with E-state index in [1.54, 1.807) is 36.4 Å². The highest BCUT2D eigenvalue weighted by atomic mass is 79.9. The third kappa shape index (κ3) is 8.85. The molecule has 242 valence electrons. The van der Waals surface area contributed by atoms with Gasteiger partial charge in [0.05, 0.1) is 10.6 Å². The molecular weight excluding hydrogens is 662 g/mol. The van der Waals surface area contributed by atoms with Crippen molar-refractivity contribution in [3.8, 4) is 0 Å². The predicted molar refractivity (Wildman–Crippen MR) is 188 cm³/mol. The van der Waals surface area contributed by atoms with Crippen LogP contribution in [0.3, 0.4) is 0 Å². The van der Waals surface area contributed by atoms with E-state index >= 15 is 0 Å². The number of hydrogen-bond acceptors (Lipinski definition) is 4. The lowest BCUT2D eigenvalue weighted by atomic mass is 10.0. The molecule has 0 spiro atoms. The van der Waals surface area contributed by atoms with Crippen molar-refractivity contribution in [2.45, 2.75) is 71.0 Å². The van der Waals surface area contributed by atoms with Crippen molar-refractivity contribution in [2.24, 2.45) is 0 Å². The number of benzene rings is 4. The minimum atomic E-state index is -4.17. The highest BCUT2D eigenvalue weighted by molar-refractivity contribution is 9.10. The maximum Gasteiger partial charge on any atom is 0.264 e. The number of sulfonamides is 1. The largest absolute Gasteiger partial charge is 0.350 e. The zero-order valence-corrected chi connectivity index (χ0v) is 29.7. The smallest absolute Gasteiger partial charge is 0.264 e. The number of carbonyl (C=O) groups excluding carboxylic acids is 2. The maximum absolute atomic E-state index is 14.7. The summed E-state index contributed by atoms with van der Waals surface area (Å²) in [5.74, 6) is -0.819. The van der Waals surface area contributed by atoms with Crippen LogP contribution in [0.5, 0.6) is 0 Å². The van der Waals surface area contributed by atoms with Gasteiger partial charge < -0.3 is 10.2 Å². The van der Waals surface area contributed by atoms with Crippen LogP contribution >= 0.6 is 15.9 Å². The fourth-order valence-electron chi connectivity index (χ4n) is 5.20. The van der Waals surface area contributed by atoms with E-state index in [1.807, 2.05) is 102 Å². The van der Waals surface area contributed by atoms with E-state index in [4.69, 9.17) is 0 Å². The van der Waals surface area contributed by atoms with E-state index in [9.17, 15) is 18.0 Å². The molecule has 0 saturated heterocycles. The van der Waals surface area contributed by atoms with Crippen LogP contribution < -0.4 is 9.62 Å². The van der Waals surface area contributed by atoms with Gasteiger partial charge in [0, 0.05) is 23.0 Å². The summed E-state index contributed by atoms with van der Waals surface area (Å²) in [4.78, 5) is 30.3. The third-order valence-electron chi connectivity index (χ3n) is 7.74. The lowest BCUT2D eigenvalue weighted by Crippen LogP contribution is -2.56. The number of amides is 2. The summed E-state index contributed by atoms with van der Waals surface area (Å²) < 4.78 is 30.6. The highest BCUT2D eigenvalue weighted by Crippen LogP contribution is 2.30. The average molecular weight is 705 g/mol. The molecule has 46 heavy (non-hydrogen) atoms. The van der Waals surface area contributed by atoms with E-state index in [-0.39, 0.29) is 23.8 Å². The minimum Gasteiger partial charge on any atom is -0.350 e. The molecule has 4 aromatic carbocycles. The van der Waals surface area contributed by atoms with Crippen LogP contribution in [0, 0.1) is 20.8 Å². The van der Waals surface area contributed by atoms with Gasteiger partial charge in [-0.15, -0.1) is 0 Å². The van der Waals surface area contributed by atoms with E-state index in [2.05, 4.69) is 21.2 Å². The quantitative estimate of drug-likeness (QED) is 0.180. The van der Waals surface area contributed by atoms with Crippen LogP contribution in [-0.4, -0.2) is 43.3 Å². The van der Waals surface area contributed by atoms with E-state index in [0.29, 0.717) is 5.69 Å². The Hall–Kier alpha value is -3.95. The maximum atomic E-state index is 14.7. The van der Waals surface area contributed by atoms with Crippen molar-refractivity contribution in [3.05, 3.63) is 129 Å². The van der Waals surface area contributed by atoms with Gasteiger partial charge >= 0.3 is 0 Å². The van der Waals surface area contributed by atoms with E-state index in [0.717, 1.165) is 32.3 Å². The standard InChI is InChI=1S/C37H42BrN3O4S/c1-26-18-20-32(21-19-26)46(44,45)41(33-17-10-12-27(2)28(33)3)25-35(42)40(24-30-15-11-16-31(38)22-30)34(36(43)39-37(4,5)6)23-29-13-8-7-9-14-29/h7-22,34H,23-25H2,1-6H3,(H,39,43)/t34-/m1/s1. The summed E-state index contributed by atoms with van der Waals surface area (Å²) in [5.41, 5.74) is 4.08. The van der Waals surface area contributed by atoms with Gasteiger partial charge in [-0.2, -0.15) is 0 Å². The molecule has 0 saturated carbocycles. The molecule has 4 rings (SSSR count). The van der Waals surface area contributed by atoms with Gasteiger partial charge in [0.2, 0.25) is 11.8 Å². The Bertz CT molecular complexity index is 1790.